The molecule has 0 amide bonds. The van der Waals surface area contributed by atoms with Gasteiger partial charge in [0.1, 0.15) is 0 Å². The lowest BCUT2D eigenvalue weighted by Gasteiger charge is -2.28. The van der Waals surface area contributed by atoms with E-state index >= 15 is 0 Å². The first-order chi connectivity index (χ1) is 7.68. The maximum absolute atomic E-state index is 10.1. The molecule has 1 aromatic rings. The van der Waals surface area contributed by atoms with Crippen molar-refractivity contribution in [3.05, 3.63) is 48.0 Å². The van der Waals surface area contributed by atoms with Gasteiger partial charge in [-0.1, -0.05) is 42.5 Å². The zero-order valence-corrected chi connectivity index (χ0v) is 9.88. The Hall–Kier alpha value is -1.12. The molecule has 1 heterocycles. The van der Waals surface area contributed by atoms with Crippen LogP contribution in [0.4, 0.5) is 0 Å². The number of aliphatic hydroxyl groups excluding tert-OH is 1. The lowest BCUT2D eigenvalue weighted by atomic mass is 10.1. The van der Waals surface area contributed by atoms with Crippen LogP contribution in [0.3, 0.4) is 0 Å². The number of rotatable bonds is 3. The van der Waals surface area contributed by atoms with Crippen LogP contribution < -0.4 is 0 Å². The first-order valence-corrected chi connectivity index (χ1v) is 5.85. The van der Waals surface area contributed by atoms with E-state index in [-0.39, 0.29) is 0 Å². The van der Waals surface area contributed by atoms with Gasteiger partial charge in [-0.2, -0.15) is 0 Å². The molecule has 0 spiro atoms. The second kappa shape index (κ2) is 4.81. The van der Waals surface area contributed by atoms with E-state index in [9.17, 15) is 5.11 Å². The van der Waals surface area contributed by atoms with E-state index in [1.54, 1.807) is 0 Å². The van der Waals surface area contributed by atoms with Gasteiger partial charge in [0.15, 0.2) is 0 Å². The molecule has 86 valence electrons. The third-order valence-electron chi connectivity index (χ3n) is 3.28. The van der Waals surface area contributed by atoms with Crippen molar-refractivity contribution in [3.63, 3.8) is 0 Å². The third kappa shape index (κ3) is 2.34. The van der Waals surface area contributed by atoms with Crippen molar-refractivity contribution in [2.45, 2.75) is 32.0 Å². The lowest BCUT2D eigenvalue weighted by molar-refractivity contribution is 0.0969. The Morgan fingerprint density at radius 1 is 1.12 bits per heavy atom. The van der Waals surface area contributed by atoms with Crippen molar-refractivity contribution in [2.75, 3.05) is 6.54 Å². The van der Waals surface area contributed by atoms with Gasteiger partial charge in [-0.25, -0.2) is 0 Å². The standard InChI is InChI=1S/C14H19NO/c1-11-8-9-12(2)15(11)10-14(16)13-6-4-3-5-7-13/h3-9,11-12,14,16H,10H2,1-2H3/t11-,12-,14+/m1/s1. The average molecular weight is 217 g/mol. The highest BCUT2D eigenvalue weighted by atomic mass is 16.3. The van der Waals surface area contributed by atoms with Crippen LogP contribution >= 0.6 is 0 Å². The van der Waals surface area contributed by atoms with Gasteiger partial charge >= 0.3 is 0 Å². The Bertz CT molecular complexity index is 348. The largest absolute Gasteiger partial charge is 0.387 e. The van der Waals surface area contributed by atoms with Gasteiger partial charge in [0, 0.05) is 18.6 Å². The van der Waals surface area contributed by atoms with Crippen molar-refractivity contribution in [1.82, 2.24) is 4.90 Å². The van der Waals surface area contributed by atoms with Crippen LogP contribution in [0.15, 0.2) is 42.5 Å². The summed E-state index contributed by atoms with van der Waals surface area (Å²) in [6.07, 6.45) is 4.00. The molecule has 1 aliphatic heterocycles. The van der Waals surface area contributed by atoms with E-state index in [0.29, 0.717) is 18.6 Å². The van der Waals surface area contributed by atoms with Crippen molar-refractivity contribution in [2.24, 2.45) is 0 Å². The second-order valence-corrected chi connectivity index (χ2v) is 4.49. The fraction of sp³-hybridized carbons (Fsp3) is 0.429. The summed E-state index contributed by atoms with van der Waals surface area (Å²) in [7, 11) is 0. The Kier molecular flexibility index (Phi) is 3.42. The van der Waals surface area contributed by atoms with Crippen molar-refractivity contribution >= 4 is 0 Å². The summed E-state index contributed by atoms with van der Waals surface area (Å²) in [4.78, 5) is 2.30. The van der Waals surface area contributed by atoms with Crippen LogP contribution in [0.25, 0.3) is 0 Å². The van der Waals surface area contributed by atoms with Gasteiger partial charge in [-0.15, -0.1) is 0 Å². The van der Waals surface area contributed by atoms with Gasteiger partial charge in [0.25, 0.3) is 0 Å². The summed E-state index contributed by atoms with van der Waals surface area (Å²) in [5.41, 5.74) is 0.994. The van der Waals surface area contributed by atoms with E-state index in [1.807, 2.05) is 30.3 Å². The number of β-amino-alcohol motifs (C(OH)–C–C–N with tert-alkyl or cyclic N) is 1. The van der Waals surface area contributed by atoms with Gasteiger partial charge in [0.05, 0.1) is 6.10 Å². The Balaban J connectivity index is 2.00. The quantitative estimate of drug-likeness (QED) is 0.786. The Labute approximate surface area is 97.2 Å². The molecule has 16 heavy (non-hydrogen) atoms. The summed E-state index contributed by atoms with van der Waals surface area (Å²) in [5, 5.41) is 10.1. The highest BCUT2D eigenvalue weighted by molar-refractivity contribution is 5.18. The molecular formula is C14H19NO. The van der Waals surface area contributed by atoms with Gasteiger partial charge < -0.3 is 5.11 Å². The lowest BCUT2D eigenvalue weighted by Crippen LogP contribution is -2.37. The zero-order valence-electron chi connectivity index (χ0n) is 9.88. The van der Waals surface area contributed by atoms with Gasteiger partial charge in [-0.3, -0.25) is 4.90 Å². The van der Waals surface area contributed by atoms with E-state index < -0.39 is 6.10 Å². The summed E-state index contributed by atoms with van der Waals surface area (Å²) >= 11 is 0. The third-order valence-corrected chi connectivity index (χ3v) is 3.28. The molecule has 0 bridgehead atoms. The van der Waals surface area contributed by atoms with Crippen LogP contribution in [0.5, 0.6) is 0 Å². The number of aliphatic hydroxyl groups is 1. The van der Waals surface area contributed by atoms with Crippen molar-refractivity contribution in [1.29, 1.82) is 0 Å². The normalized spacial score (nSPS) is 27.2. The smallest absolute Gasteiger partial charge is 0.0917 e. The topological polar surface area (TPSA) is 23.5 Å². The van der Waals surface area contributed by atoms with Crippen LogP contribution in [0, 0.1) is 0 Å². The van der Waals surface area contributed by atoms with Gasteiger partial charge in [0.2, 0.25) is 0 Å². The van der Waals surface area contributed by atoms with E-state index in [1.165, 1.54) is 0 Å². The van der Waals surface area contributed by atoms with Crippen LogP contribution in [-0.4, -0.2) is 28.6 Å². The minimum absolute atomic E-state index is 0.397. The summed E-state index contributed by atoms with van der Waals surface area (Å²) in [6.45, 7) is 5.02. The maximum atomic E-state index is 10.1. The predicted molar refractivity (Wildman–Crippen MR) is 66.2 cm³/mol. The van der Waals surface area contributed by atoms with Crippen LogP contribution in [-0.2, 0) is 0 Å². The number of nitrogens with zero attached hydrogens (tertiary/aromatic N) is 1. The first-order valence-electron chi connectivity index (χ1n) is 5.85. The van der Waals surface area contributed by atoms with Crippen LogP contribution in [0.1, 0.15) is 25.5 Å². The summed E-state index contributed by atoms with van der Waals surface area (Å²) in [6, 6.07) is 10.7. The fourth-order valence-electron chi connectivity index (χ4n) is 2.23. The highest BCUT2D eigenvalue weighted by Crippen LogP contribution is 2.21. The molecule has 3 atom stereocenters. The molecule has 0 aromatic heterocycles. The van der Waals surface area contributed by atoms with E-state index in [0.717, 1.165) is 5.56 Å². The SMILES string of the molecule is C[C@@H]1C=C[C@@H](C)N1C[C@H](O)c1ccccc1. The molecule has 0 saturated carbocycles. The minimum atomic E-state index is -0.397. The summed E-state index contributed by atoms with van der Waals surface area (Å²) < 4.78 is 0. The minimum Gasteiger partial charge on any atom is -0.387 e. The summed E-state index contributed by atoms with van der Waals surface area (Å²) in [5.74, 6) is 0. The molecule has 0 radical (unpaired) electrons. The fourth-order valence-corrected chi connectivity index (χ4v) is 2.23. The highest BCUT2D eigenvalue weighted by Gasteiger charge is 2.24. The zero-order chi connectivity index (χ0) is 11.5. The molecule has 0 aliphatic carbocycles. The predicted octanol–water partition coefficient (Wildman–Crippen LogP) is 2.37. The maximum Gasteiger partial charge on any atom is 0.0917 e. The monoisotopic (exact) mass is 217 g/mol. The molecule has 1 N–H and O–H groups in total. The van der Waals surface area contributed by atoms with Crippen molar-refractivity contribution < 1.29 is 5.11 Å². The Morgan fingerprint density at radius 3 is 2.25 bits per heavy atom. The van der Waals surface area contributed by atoms with Gasteiger partial charge in [-0.05, 0) is 19.4 Å². The Morgan fingerprint density at radius 2 is 1.69 bits per heavy atom. The first kappa shape index (κ1) is 11.4. The molecule has 1 aromatic carbocycles. The molecule has 2 nitrogen and oxygen atoms in total. The molecule has 2 heteroatoms. The molecular weight excluding hydrogens is 198 g/mol. The number of hydrogen-bond donors (Lipinski definition) is 1. The molecule has 2 rings (SSSR count). The number of benzene rings is 1. The van der Waals surface area contributed by atoms with E-state index in [2.05, 4.69) is 30.9 Å². The number of hydrogen-bond acceptors (Lipinski definition) is 2. The average Bonchev–Trinajstić information content (AvgIpc) is 2.62. The molecule has 0 unspecified atom stereocenters. The molecule has 0 fully saturated rings. The second-order valence-electron chi connectivity index (χ2n) is 4.49. The van der Waals surface area contributed by atoms with Crippen LogP contribution in [0.2, 0.25) is 0 Å². The molecule has 1 aliphatic rings. The molecule has 0 saturated heterocycles. The van der Waals surface area contributed by atoms with Crippen molar-refractivity contribution in [3.8, 4) is 0 Å². The van der Waals surface area contributed by atoms with E-state index in [4.69, 9.17) is 0 Å².